The summed E-state index contributed by atoms with van der Waals surface area (Å²) < 4.78 is 98.1. The van der Waals surface area contributed by atoms with Gasteiger partial charge in [-0.3, -0.25) is 10.2 Å². The number of nitrogens with one attached hydrogen (secondary N) is 1. The first-order chi connectivity index (χ1) is 18.6. The molecule has 0 fully saturated rings. The fraction of sp³-hybridized carbons (Fsp3) is 0.167. The van der Waals surface area contributed by atoms with Gasteiger partial charge < -0.3 is 0 Å². The molecule has 0 aliphatic heterocycles. The third-order valence-electron chi connectivity index (χ3n) is 5.14. The van der Waals surface area contributed by atoms with Crippen molar-refractivity contribution in [3.63, 3.8) is 0 Å². The molecule has 0 saturated heterocycles. The summed E-state index contributed by atoms with van der Waals surface area (Å²) >= 11 is 17.3. The lowest BCUT2D eigenvalue weighted by Gasteiger charge is -2.21. The molecule has 3 rings (SSSR count). The number of hydrogen-bond donors (Lipinski definition) is 1. The molecule has 1 unspecified atom stereocenters. The number of carbonyl (C=O) groups excluding carboxylic acids is 1. The number of anilines is 1. The van der Waals surface area contributed by atoms with Gasteiger partial charge in [0, 0.05) is 18.0 Å². The van der Waals surface area contributed by atoms with Crippen molar-refractivity contribution in [1.82, 2.24) is 15.4 Å². The van der Waals surface area contributed by atoms with Crippen LogP contribution in [-0.4, -0.2) is 28.6 Å². The number of amides is 1. The van der Waals surface area contributed by atoms with E-state index in [-0.39, 0.29) is 33.2 Å². The van der Waals surface area contributed by atoms with E-state index in [2.05, 4.69) is 15.4 Å². The first-order valence-electron chi connectivity index (χ1n) is 10.7. The number of nitrogens with zero attached hydrogens (tertiary/aromatic N) is 4. The number of nitriles is 1. The SMILES string of the molecule is N#CCN(NC(=O)c1ccc(/C(F)=C/C(c2cc(Cl)c(Cl)c(Cl)c2)C(F)(F)F)cc1C(F)(F)F)c1ncccn1. The van der Waals surface area contributed by atoms with Gasteiger partial charge in [0.15, 0.2) is 0 Å². The van der Waals surface area contributed by atoms with Gasteiger partial charge in [-0.1, -0.05) is 40.9 Å². The van der Waals surface area contributed by atoms with Gasteiger partial charge in [-0.15, -0.1) is 0 Å². The Hall–Kier alpha value is -3.60. The standard InChI is InChI=1S/C24H13Cl3F7N5O/c25-17-9-13(10-18(26)20(17)27)15(23(29,30)31)11-19(28)12-2-3-14(16(8-12)24(32,33)34)21(40)38-39(7-4-35)22-36-5-1-6-37-22/h1-3,5-6,8-11,15H,7H2,(H,38,40)/b19-11-. The summed E-state index contributed by atoms with van der Waals surface area (Å²) in [4.78, 5) is 20.3. The monoisotopic (exact) mass is 625 g/mol. The Bertz CT molecular complexity index is 1450. The lowest BCUT2D eigenvalue weighted by molar-refractivity contribution is -0.140. The van der Waals surface area contributed by atoms with Gasteiger partial charge in [0.05, 0.1) is 32.3 Å². The van der Waals surface area contributed by atoms with Crippen molar-refractivity contribution >= 4 is 52.5 Å². The van der Waals surface area contributed by atoms with Crippen LogP contribution in [0.3, 0.4) is 0 Å². The number of allylic oxidation sites excluding steroid dienone is 1. The predicted molar refractivity (Wildman–Crippen MR) is 133 cm³/mol. The maximum absolute atomic E-state index is 15.1. The highest BCUT2D eigenvalue weighted by Crippen LogP contribution is 2.42. The molecule has 1 heterocycles. The summed E-state index contributed by atoms with van der Waals surface area (Å²) in [7, 11) is 0. The number of hydrogen-bond acceptors (Lipinski definition) is 5. The summed E-state index contributed by atoms with van der Waals surface area (Å²) in [6, 6.07) is 6.16. The van der Waals surface area contributed by atoms with Crippen LogP contribution < -0.4 is 10.4 Å². The topological polar surface area (TPSA) is 81.9 Å². The van der Waals surface area contributed by atoms with Crippen molar-refractivity contribution in [2.45, 2.75) is 18.3 Å². The molecule has 0 aliphatic carbocycles. The molecule has 1 N–H and O–H groups in total. The Morgan fingerprint density at radius 2 is 1.65 bits per heavy atom. The highest BCUT2D eigenvalue weighted by Gasteiger charge is 2.41. The highest BCUT2D eigenvalue weighted by atomic mass is 35.5. The number of rotatable bonds is 7. The third-order valence-corrected chi connectivity index (χ3v) is 6.33. The molecular weight excluding hydrogens is 614 g/mol. The van der Waals surface area contributed by atoms with Crippen LogP contribution in [0.1, 0.15) is 33.0 Å². The number of hydrazine groups is 1. The van der Waals surface area contributed by atoms with Gasteiger partial charge >= 0.3 is 12.4 Å². The zero-order valence-corrected chi connectivity index (χ0v) is 21.7. The molecule has 1 aromatic heterocycles. The zero-order chi connectivity index (χ0) is 29.8. The van der Waals surface area contributed by atoms with Crippen molar-refractivity contribution in [3.8, 4) is 6.07 Å². The molecule has 16 heteroatoms. The maximum atomic E-state index is 15.1. The second-order valence-electron chi connectivity index (χ2n) is 7.82. The van der Waals surface area contributed by atoms with Crippen molar-refractivity contribution in [3.05, 3.63) is 92.2 Å². The van der Waals surface area contributed by atoms with Gasteiger partial charge in [0.2, 0.25) is 5.95 Å². The first kappa shape index (κ1) is 30.9. The van der Waals surface area contributed by atoms with E-state index in [9.17, 15) is 31.1 Å². The molecule has 2 aromatic carbocycles. The second-order valence-corrected chi connectivity index (χ2v) is 9.02. The molecule has 0 radical (unpaired) electrons. The Kier molecular flexibility index (Phi) is 9.50. The summed E-state index contributed by atoms with van der Waals surface area (Å²) in [5.41, 5.74) is -2.12. The molecule has 0 aliphatic rings. The van der Waals surface area contributed by atoms with E-state index in [0.29, 0.717) is 12.1 Å². The van der Waals surface area contributed by atoms with Crippen LogP contribution in [0.4, 0.5) is 36.7 Å². The summed E-state index contributed by atoms with van der Waals surface area (Å²) in [5, 5.41) is 8.81. The highest BCUT2D eigenvalue weighted by molar-refractivity contribution is 6.48. The summed E-state index contributed by atoms with van der Waals surface area (Å²) in [6.45, 7) is -0.551. The largest absolute Gasteiger partial charge is 0.417 e. The second kappa shape index (κ2) is 12.3. The molecule has 40 heavy (non-hydrogen) atoms. The average molecular weight is 627 g/mol. The lowest BCUT2D eigenvalue weighted by Crippen LogP contribution is -2.44. The summed E-state index contributed by atoms with van der Waals surface area (Å²) in [6.07, 6.45) is -7.78. The van der Waals surface area contributed by atoms with Gasteiger partial charge in [-0.25, -0.2) is 19.4 Å². The quantitative estimate of drug-likeness (QED) is 0.125. The maximum Gasteiger partial charge on any atom is 0.417 e. The van der Waals surface area contributed by atoms with Gasteiger partial charge in [0.1, 0.15) is 18.3 Å². The van der Waals surface area contributed by atoms with Crippen LogP contribution in [0.15, 0.2) is 54.9 Å². The molecule has 6 nitrogen and oxygen atoms in total. The first-order valence-corrected chi connectivity index (χ1v) is 11.8. The Morgan fingerprint density at radius 1 is 1.05 bits per heavy atom. The van der Waals surface area contributed by atoms with Crippen LogP contribution in [-0.2, 0) is 6.18 Å². The average Bonchev–Trinajstić information content (AvgIpc) is 2.88. The van der Waals surface area contributed by atoms with E-state index in [4.69, 9.17) is 40.1 Å². The van der Waals surface area contributed by atoms with E-state index in [1.807, 2.05) is 0 Å². The normalized spacial score (nSPS) is 13.0. The molecule has 0 spiro atoms. The Balaban J connectivity index is 2.03. The van der Waals surface area contributed by atoms with Crippen LogP contribution in [0.2, 0.25) is 15.1 Å². The Labute approximate surface area is 236 Å². The van der Waals surface area contributed by atoms with E-state index in [0.717, 1.165) is 17.1 Å². The summed E-state index contributed by atoms with van der Waals surface area (Å²) in [5.74, 6) is -5.92. The third kappa shape index (κ3) is 7.32. The molecule has 210 valence electrons. The van der Waals surface area contributed by atoms with E-state index in [1.54, 1.807) is 6.07 Å². The number of carbonyl (C=O) groups is 1. The minimum absolute atomic E-state index is 0.0481. The van der Waals surface area contributed by atoms with E-state index in [1.165, 1.54) is 18.5 Å². The minimum atomic E-state index is -5.23. The molecule has 1 amide bonds. The molecule has 3 aromatic rings. The number of halogens is 10. The lowest BCUT2D eigenvalue weighted by atomic mass is 9.95. The van der Waals surface area contributed by atoms with Crippen molar-refractivity contribution in [2.24, 2.45) is 0 Å². The van der Waals surface area contributed by atoms with E-state index < -0.39 is 58.8 Å². The number of alkyl halides is 6. The fourth-order valence-corrected chi connectivity index (χ4v) is 3.96. The fourth-order valence-electron chi connectivity index (χ4n) is 3.35. The van der Waals surface area contributed by atoms with Gasteiger partial charge in [0.25, 0.3) is 5.91 Å². The van der Waals surface area contributed by atoms with E-state index >= 15 is 4.39 Å². The molecule has 1 atom stereocenters. The molecular formula is C24H13Cl3F7N5O. The molecule has 0 saturated carbocycles. The Morgan fingerprint density at radius 3 is 2.17 bits per heavy atom. The predicted octanol–water partition coefficient (Wildman–Crippen LogP) is 7.79. The van der Waals surface area contributed by atoms with Crippen LogP contribution in [0.25, 0.3) is 5.83 Å². The van der Waals surface area contributed by atoms with Crippen molar-refractivity contribution in [2.75, 3.05) is 11.6 Å². The van der Waals surface area contributed by atoms with Gasteiger partial charge in [-0.2, -0.15) is 31.6 Å². The smallest absolute Gasteiger partial charge is 0.267 e. The van der Waals surface area contributed by atoms with Crippen molar-refractivity contribution < 1.29 is 35.5 Å². The molecule has 0 bridgehead atoms. The van der Waals surface area contributed by atoms with Crippen LogP contribution >= 0.6 is 34.8 Å². The number of aromatic nitrogens is 2. The van der Waals surface area contributed by atoms with Gasteiger partial charge in [-0.05, 0) is 42.0 Å². The number of benzene rings is 2. The van der Waals surface area contributed by atoms with Crippen LogP contribution in [0, 0.1) is 11.3 Å². The van der Waals surface area contributed by atoms with Crippen molar-refractivity contribution in [1.29, 1.82) is 5.26 Å². The minimum Gasteiger partial charge on any atom is -0.267 e. The zero-order valence-electron chi connectivity index (χ0n) is 19.5. The van der Waals surface area contributed by atoms with Crippen LogP contribution in [0.5, 0.6) is 0 Å².